The standard InChI is InChI=1S/C16H19F3N6/c1-23(2)15-21-6-4-13(22-15)24-7-9-25(10-8-24)14-11-12(3-5-20-14)16(17,18)19/h3-6,11H,7-10H2,1-2H3. The molecule has 0 unspecified atom stereocenters. The molecule has 134 valence electrons. The minimum Gasteiger partial charge on any atom is -0.353 e. The normalized spacial score (nSPS) is 15.4. The Morgan fingerprint density at radius 2 is 1.52 bits per heavy atom. The number of halogens is 3. The highest BCUT2D eigenvalue weighted by molar-refractivity contribution is 5.47. The first-order chi connectivity index (χ1) is 11.8. The lowest BCUT2D eigenvalue weighted by molar-refractivity contribution is -0.137. The molecule has 0 N–H and O–H groups in total. The van der Waals surface area contributed by atoms with E-state index in [-0.39, 0.29) is 0 Å². The number of nitrogens with zero attached hydrogens (tertiary/aromatic N) is 6. The Morgan fingerprint density at radius 1 is 0.920 bits per heavy atom. The second-order valence-electron chi connectivity index (χ2n) is 5.98. The lowest BCUT2D eigenvalue weighted by atomic mass is 10.2. The van der Waals surface area contributed by atoms with Crippen molar-refractivity contribution in [1.82, 2.24) is 15.0 Å². The van der Waals surface area contributed by atoms with Crippen LogP contribution in [0.5, 0.6) is 0 Å². The van der Waals surface area contributed by atoms with Crippen LogP contribution in [0.1, 0.15) is 5.56 Å². The number of pyridine rings is 1. The molecule has 2 aromatic rings. The van der Waals surface area contributed by atoms with Gasteiger partial charge in [0.15, 0.2) is 0 Å². The van der Waals surface area contributed by atoms with Crippen LogP contribution in [0.4, 0.5) is 30.8 Å². The number of hydrogen-bond donors (Lipinski definition) is 0. The largest absolute Gasteiger partial charge is 0.416 e. The van der Waals surface area contributed by atoms with Crippen LogP contribution in [0.2, 0.25) is 0 Å². The number of alkyl halides is 3. The van der Waals surface area contributed by atoms with E-state index in [9.17, 15) is 13.2 Å². The summed E-state index contributed by atoms with van der Waals surface area (Å²) in [5.74, 6) is 1.79. The van der Waals surface area contributed by atoms with Gasteiger partial charge in [-0.3, -0.25) is 0 Å². The monoisotopic (exact) mass is 352 g/mol. The van der Waals surface area contributed by atoms with Gasteiger partial charge >= 0.3 is 6.18 Å². The van der Waals surface area contributed by atoms with Gasteiger partial charge in [-0.05, 0) is 18.2 Å². The maximum Gasteiger partial charge on any atom is 0.416 e. The van der Waals surface area contributed by atoms with Crippen molar-refractivity contribution in [2.45, 2.75) is 6.18 Å². The third-order valence-corrected chi connectivity index (χ3v) is 4.03. The fraction of sp³-hybridized carbons (Fsp3) is 0.438. The molecule has 0 radical (unpaired) electrons. The highest BCUT2D eigenvalue weighted by Gasteiger charge is 2.31. The minimum atomic E-state index is -4.36. The van der Waals surface area contributed by atoms with Gasteiger partial charge in [0, 0.05) is 52.7 Å². The van der Waals surface area contributed by atoms with Crippen molar-refractivity contribution in [3.8, 4) is 0 Å². The average molecular weight is 352 g/mol. The second-order valence-corrected chi connectivity index (χ2v) is 5.98. The van der Waals surface area contributed by atoms with E-state index in [1.54, 1.807) is 6.20 Å². The van der Waals surface area contributed by atoms with Crippen molar-refractivity contribution in [3.63, 3.8) is 0 Å². The molecule has 3 rings (SSSR count). The molecular formula is C16H19F3N6. The molecule has 1 aliphatic rings. The van der Waals surface area contributed by atoms with Crippen LogP contribution in [-0.2, 0) is 6.18 Å². The zero-order chi connectivity index (χ0) is 18.0. The minimum absolute atomic E-state index is 0.353. The molecule has 0 atom stereocenters. The first-order valence-electron chi connectivity index (χ1n) is 7.88. The number of rotatable bonds is 3. The summed E-state index contributed by atoms with van der Waals surface area (Å²) >= 11 is 0. The number of aromatic nitrogens is 3. The Labute approximate surface area is 143 Å². The Morgan fingerprint density at radius 3 is 2.12 bits per heavy atom. The molecule has 0 spiro atoms. The third kappa shape index (κ3) is 3.92. The van der Waals surface area contributed by atoms with E-state index < -0.39 is 11.7 Å². The second kappa shape index (κ2) is 6.73. The first-order valence-corrected chi connectivity index (χ1v) is 7.88. The quantitative estimate of drug-likeness (QED) is 0.845. The summed E-state index contributed by atoms with van der Waals surface area (Å²) in [4.78, 5) is 18.6. The van der Waals surface area contributed by atoms with Crippen molar-refractivity contribution >= 4 is 17.6 Å². The smallest absolute Gasteiger partial charge is 0.353 e. The molecule has 1 saturated heterocycles. The van der Waals surface area contributed by atoms with Gasteiger partial charge in [-0.15, -0.1) is 0 Å². The summed E-state index contributed by atoms with van der Waals surface area (Å²) < 4.78 is 38.5. The lowest BCUT2D eigenvalue weighted by Crippen LogP contribution is -2.47. The van der Waals surface area contributed by atoms with Crippen molar-refractivity contribution in [2.24, 2.45) is 0 Å². The van der Waals surface area contributed by atoms with Gasteiger partial charge in [-0.2, -0.15) is 18.2 Å². The predicted octanol–water partition coefficient (Wildman–Crippen LogP) is 2.28. The summed E-state index contributed by atoms with van der Waals surface area (Å²) in [6.07, 6.45) is -1.44. The van der Waals surface area contributed by atoms with Crippen molar-refractivity contribution < 1.29 is 13.2 Å². The topological polar surface area (TPSA) is 48.4 Å². The average Bonchev–Trinajstić information content (AvgIpc) is 2.61. The molecule has 0 aromatic carbocycles. The van der Waals surface area contributed by atoms with Gasteiger partial charge in [0.1, 0.15) is 11.6 Å². The van der Waals surface area contributed by atoms with Gasteiger partial charge in [0.05, 0.1) is 5.56 Å². The van der Waals surface area contributed by atoms with Crippen LogP contribution in [0.25, 0.3) is 0 Å². The van der Waals surface area contributed by atoms with Crippen LogP contribution in [0.15, 0.2) is 30.6 Å². The van der Waals surface area contributed by atoms with Gasteiger partial charge in [-0.25, -0.2) is 9.97 Å². The van der Waals surface area contributed by atoms with E-state index >= 15 is 0 Å². The third-order valence-electron chi connectivity index (χ3n) is 4.03. The lowest BCUT2D eigenvalue weighted by Gasteiger charge is -2.36. The van der Waals surface area contributed by atoms with Crippen molar-refractivity contribution in [2.75, 3.05) is 55.0 Å². The van der Waals surface area contributed by atoms with Crippen molar-refractivity contribution in [1.29, 1.82) is 0 Å². The molecular weight excluding hydrogens is 333 g/mol. The predicted molar refractivity (Wildman–Crippen MR) is 90.0 cm³/mol. The molecule has 0 aliphatic carbocycles. The summed E-state index contributed by atoms with van der Waals surface area (Å²) in [5, 5.41) is 0. The molecule has 9 heteroatoms. The number of hydrogen-bond acceptors (Lipinski definition) is 6. The number of piperazine rings is 1. The molecule has 0 saturated carbocycles. The van der Waals surface area contributed by atoms with Crippen LogP contribution < -0.4 is 14.7 Å². The van der Waals surface area contributed by atoms with Crippen LogP contribution >= 0.6 is 0 Å². The Kier molecular flexibility index (Phi) is 4.65. The summed E-state index contributed by atoms with van der Waals surface area (Å²) in [6, 6.07) is 3.93. The molecule has 1 fully saturated rings. The maximum atomic E-state index is 12.8. The van der Waals surface area contributed by atoms with E-state index in [0.717, 1.165) is 18.0 Å². The van der Waals surface area contributed by atoms with E-state index in [1.807, 2.05) is 30.0 Å². The van der Waals surface area contributed by atoms with Crippen LogP contribution in [0, 0.1) is 0 Å². The molecule has 0 bridgehead atoms. The Balaban J connectivity index is 1.69. The van der Waals surface area contributed by atoms with Gasteiger partial charge in [0.25, 0.3) is 0 Å². The Hall–Kier alpha value is -2.58. The highest BCUT2D eigenvalue weighted by atomic mass is 19.4. The van der Waals surface area contributed by atoms with E-state index in [2.05, 4.69) is 19.9 Å². The van der Waals surface area contributed by atoms with E-state index in [4.69, 9.17) is 0 Å². The maximum absolute atomic E-state index is 12.8. The molecule has 25 heavy (non-hydrogen) atoms. The Bertz CT molecular complexity index is 726. The molecule has 0 amide bonds. The molecule has 2 aromatic heterocycles. The van der Waals surface area contributed by atoms with E-state index in [0.29, 0.717) is 37.9 Å². The van der Waals surface area contributed by atoms with Crippen LogP contribution in [-0.4, -0.2) is 55.2 Å². The van der Waals surface area contributed by atoms with Gasteiger partial charge in [-0.1, -0.05) is 0 Å². The van der Waals surface area contributed by atoms with Crippen molar-refractivity contribution in [3.05, 3.63) is 36.2 Å². The molecule has 6 nitrogen and oxygen atoms in total. The highest BCUT2D eigenvalue weighted by Crippen LogP contribution is 2.31. The van der Waals surface area contributed by atoms with Gasteiger partial charge < -0.3 is 14.7 Å². The summed E-state index contributed by atoms with van der Waals surface area (Å²) in [7, 11) is 3.74. The summed E-state index contributed by atoms with van der Waals surface area (Å²) in [5.41, 5.74) is -0.675. The fourth-order valence-corrected chi connectivity index (χ4v) is 2.66. The first kappa shape index (κ1) is 17.2. The summed E-state index contributed by atoms with van der Waals surface area (Å²) in [6.45, 7) is 2.47. The van der Waals surface area contributed by atoms with E-state index in [1.165, 1.54) is 6.20 Å². The SMILES string of the molecule is CN(C)c1nccc(N2CCN(c3cc(C(F)(F)F)ccn3)CC2)n1. The van der Waals surface area contributed by atoms with Gasteiger partial charge in [0.2, 0.25) is 5.95 Å². The molecule has 3 heterocycles. The van der Waals surface area contributed by atoms with Crippen LogP contribution in [0.3, 0.4) is 0 Å². The zero-order valence-corrected chi connectivity index (χ0v) is 14.0. The zero-order valence-electron chi connectivity index (χ0n) is 14.0. The molecule has 1 aliphatic heterocycles. The fourth-order valence-electron chi connectivity index (χ4n) is 2.66. The number of anilines is 3.